The van der Waals surface area contributed by atoms with Crippen molar-refractivity contribution in [3.8, 4) is 0 Å². The second-order valence-corrected chi connectivity index (χ2v) is 4.15. The van der Waals surface area contributed by atoms with Gasteiger partial charge >= 0.3 is 10.0 Å². The summed E-state index contributed by atoms with van der Waals surface area (Å²) in [6, 6.07) is 3.32. The Hall–Kier alpha value is -1.43. The lowest BCUT2D eigenvalue weighted by Gasteiger charge is -2.13. The molecule has 0 spiro atoms. The zero-order valence-electron chi connectivity index (χ0n) is 6.85. The molecule has 0 radical (unpaired) electrons. The average molecular weight is 197 g/mol. The number of hydrogen-bond acceptors (Lipinski definition) is 4. The van der Waals surface area contributed by atoms with E-state index in [1.807, 2.05) is 0 Å². The van der Waals surface area contributed by atoms with Crippen molar-refractivity contribution in [3.63, 3.8) is 0 Å². The van der Waals surface area contributed by atoms with Crippen LogP contribution in [0.1, 0.15) is 6.92 Å². The molecule has 0 saturated heterocycles. The fourth-order valence-electron chi connectivity index (χ4n) is 1.13. The summed E-state index contributed by atoms with van der Waals surface area (Å²) in [6.07, 6.45) is 1.42. The van der Waals surface area contributed by atoms with Crippen molar-refractivity contribution in [2.75, 3.05) is 5.32 Å². The van der Waals surface area contributed by atoms with Gasteiger partial charge in [-0.1, -0.05) is 0 Å². The van der Waals surface area contributed by atoms with Gasteiger partial charge in [-0.05, 0) is 19.1 Å². The van der Waals surface area contributed by atoms with Crippen molar-refractivity contribution in [1.29, 1.82) is 0 Å². The molecule has 68 valence electrons. The van der Waals surface area contributed by atoms with Crippen molar-refractivity contribution >= 4 is 21.5 Å². The monoisotopic (exact) mass is 197 g/mol. The van der Waals surface area contributed by atoms with Crippen LogP contribution in [0.5, 0.6) is 0 Å². The molecule has 6 heteroatoms. The first kappa shape index (κ1) is 8.18. The molecule has 0 aliphatic carbocycles. The summed E-state index contributed by atoms with van der Waals surface area (Å²) in [7, 11) is -3.58. The summed E-state index contributed by atoms with van der Waals surface area (Å²) in [5.74, 6) is 0.362. The number of fused-ring (bicyclic) bond motifs is 1. The van der Waals surface area contributed by atoms with Gasteiger partial charge in [-0.15, -0.1) is 4.40 Å². The van der Waals surface area contributed by atoms with Gasteiger partial charge in [0.15, 0.2) is 0 Å². The summed E-state index contributed by atoms with van der Waals surface area (Å²) in [5, 5.41) is 2.81. The molecule has 0 bridgehead atoms. The lowest BCUT2D eigenvalue weighted by atomic mass is 10.4. The Bertz CT molecular complexity index is 478. The van der Waals surface area contributed by atoms with Crippen LogP contribution in [-0.4, -0.2) is 19.2 Å². The molecular formula is C7H7N3O2S. The number of aromatic nitrogens is 1. The largest absolute Gasteiger partial charge is 0.341 e. The van der Waals surface area contributed by atoms with Crippen LogP contribution >= 0.6 is 0 Å². The Morgan fingerprint density at radius 3 is 3.00 bits per heavy atom. The minimum atomic E-state index is -3.58. The third-order valence-electron chi connectivity index (χ3n) is 1.59. The predicted molar refractivity (Wildman–Crippen MR) is 48.2 cm³/mol. The van der Waals surface area contributed by atoms with Gasteiger partial charge in [0, 0.05) is 6.20 Å². The molecular weight excluding hydrogens is 190 g/mol. The second-order valence-electron chi connectivity index (χ2n) is 2.63. The SMILES string of the molecule is CC1=NS(=O)(=O)c2ncccc2N1. The van der Waals surface area contributed by atoms with Crippen LogP contribution in [0.2, 0.25) is 0 Å². The number of sulfonamides is 1. The molecule has 1 aliphatic heterocycles. The Morgan fingerprint density at radius 1 is 1.46 bits per heavy atom. The molecule has 0 unspecified atom stereocenters. The molecule has 0 fully saturated rings. The number of amidine groups is 1. The maximum Gasteiger partial charge on any atom is 0.303 e. The van der Waals surface area contributed by atoms with E-state index in [1.54, 1.807) is 19.1 Å². The average Bonchev–Trinajstić information content (AvgIpc) is 2.02. The van der Waals surface area contributed by atoms with Crippen LogP contribution in [0.3, 0.4) is 0 Å². The third kappa shape index (κ3) is 1.29. The van der Waals surface area contributed by atoms with Gasteiger partial charge in [0.05, 0.1) is 5.69 Å². The minimum absolute atomic E-state index is 0.0133. The third-order valence-corrected chi connectivity index (χ3v) is 2.92. The van der Waals surface area contributed by atoms with Crippen LogP contribution in [-0.2, 0) is 10.0 Å². The minimum Gasteiger partial charge on any atom is -0.341 e. The molecule has 1 aromatic rings. The Labute approximate surface area is 75.6 Å². The maximum absolute atomic E-state index is 11.4. The number of hydrogen-bond donors (Lipinski definition) is 1. The normalized spacial score (nSPS) is 18.4. The summed E-state index contributed by atoms with van der Waals surface area (Å²) in [4.78, 5) is 3.75. The van der Waals surface area contributed by atoms with Gasteiger partial charge in [-0.25, -0.2) is 4.98 Å². The second kappa shape index (κ2) is 2.53. The lowest BCUT2D eigenvalue weighted by Crippen LogP contribution is -2.19. The van der Waals surface area contributed by atoms with Crippen molar-refractivity contribution in [3.05, 3.63) is 18.3 Å². The summed E-state index contributed by atoms with van der Waals surface area (Å²) in [6.45, 7) is 1.59. The lowest BCUT2D eigenvalue weighted by molar-refractivity contribution is 0.594. The fraction of sp³-hybridized carbons (Fsp3) is 0.143. The Balaban J connectivity index is 2.73. The standard InChI is InChI=1S/C7H7N3O2S/c1-5-9-6-3-2-4-8-7(6)13(11,12)10-5/h2-4H,1H3,(H,9,10). The van der Waals surface area contributed by atoms with Crippen molar-refractivity contribution < 1.29 is 8.42 Å². The van der Waals surface area contributed by atoms with E-state index >= 15 is 0 Å². The van der Waals surface area contributed by atoms with E-state index < -0.39 is 10.0 Å². The molecule has 13 heavy (non-hydrogen) atoms. The molecule has 5 nitrogen and oxygen atoms in total. The Morgan fingerprint density at radius 2 is 2.23 bits per heavy atom. The van der Waals surface area contributed by atoms with Crippen molar-refractivity contribution in [2.45, 2.75) is 11.9 Å². The molecule has 2 heterocycles. The highest BCUT2D eigenvalue weighted by Crippen LogP contribution is 2.23. The van der Waals surface area contributed by atoms with Gasteiger partial charge in [0.1, 0.15) is 5.84 Å². The predicted octanol–water partition coefficient (Wildman–Crippen LogP) is 0.614. The first-order chi connectivity index (χ1) is 6.09. The van der Waals surface area contributed by atoms with Crippen LogP contribution in [0.15, 0.2) is 27.8 Å². The topological polar surface area (TPSA) is 71.4 Å². The van der Waals surface area contributed by atoms with Crippen molar-refractivity contribution in [2.24, 2.45) is 4.40 Å². The van der Waals surface area contributed by atoms with Gasteiger partial charge in [0.25, 0.3) is 0 Å². The molecule has 1 aliphatic rings. The number of rotatable bonds is 0. The van der Waals surface area contributed by atoms with E-state index in [2.05, 4.69) is 14.7 Å². The van der Waals surface area contributed by atoms with E-state index in [-0.39, 0.29) is 5.03 Å². The van der Waals surface area contributed by atoms with Crippen LogP contribution in [0.25, 0.3) is 0 Å². The van der Waals surface area contributed by atoms with E-state index in [9.17, 15) is 8.42 Å². The Kier molecular flexibility index (Phi) is 1.59. The number of anilines is 1. The number of nitrogens with one attached hydrogen (secondary N) is 1. The quantitative estimate of drug-likeness (QED) is 0.661. The van der Waals surface area contributed by atoms with Gasteiger partial charge < -0.3 is 5.32 Å². The maximum atomic E-state index is 11.4. The van der Waals surface area contributed by atoms with Gasteiger partial charge in [-0.2, -0.15) is 8.42 Å². The molecule has 0 saturated carbocycles. The zero-order chi connectivity index (χ0) is 9.47. The molecule has 2 rings (SSSR count). The molecule has 1 N–H and O–H groups in total. The zero-order valence-corrected chi connectivity index (χ0v) is 7.67. The van der Waals surface area contributed by atoms with Crippen molar-refractivity contribution in [1.82, 2.24) is 4.98 Å². The van der Waals surface area contributed by atoms with Gasteiger partial charge in [0.2, 0.25) is 5.03 Å². The smallest absolute Gasteiger partial charge is 0.303 e. The van der Waals surface area contributed by atoms with E-state index in [0.29, 0.717) is 11.5 Å². The summed E-state index contributed by atoms with van der Waals surface area (Å²) >= 11 is 0. The summed E-state index contributed by atoms with van der Waals surface area (Å²) in [5.41, 5.74) is 0.481. The van der Waals surface area contributed by atoms with E-state index in [0.717, 1.165) is 0 Å². The first-order valence-corrected chi connectivity index (χ1v) is 5.07. The summed E-state index contributed by atoms with van der Waals surface area (Å²) < 4.78 is 26.3. The van der Waals surface area contributed by atoms with Crippen LogP contribution in [0, 0.1) is 0 Å². The number of pyridine rings is 1. The van der Waals surface area contributed by atoms with Crippen LogP contribution in [0.4, 0.5) is 5.69 Å². The van der Waals surface area contributed by atoms with Gasteiger partial charge in [-0.3, -0.25) is 0 Å². The highest BCUT2D eigenvalue weighted by Gasteiger charge is 2.23. The molecule has 1 aromatic heterocycles. The molecule has 0 atom stereocenters. The fourth-order valence-corrected chi connectivity index (χ4v) is 2.22. The van der Waals surface area contributed by atoms with E-state index in [1.165, 1.54) is 6.20 Å². The van der Waals surface area contributed by atoms with Crippen LogP contribution < -0.4 is 5.32 Å². The van der Waals surface area contributed by atoms with E-state index in [4.69, 9.17) is 0 Å². The molecule has 0 amide bonds. The molecule has 0 aromatic carbocycles. The highest BCUT2D eigenvalue weighted by atomic mass is 32.2. The first-order valence-electron chi connectivity index (χ1n) is 3.63. The number of nitrogens with zero attached hydrogens (tertiary/aromatic N) is 2. The highest BCUT2D eigenvalue weighted by molar-refractivity contribution is 7.90.